The van der Waals surface area contributed by atoms with Crippen molar-refractivity contribution in [2.45, 2.75) is 31.6 Å². The third-order valence-electron chi connectivity index (χ3n) is 3.81. The van der Waals surface area contributed by atoms with Crippen molar-refractivity contribution >= 4 is 0 Å². The van der Waals surface area contributed by atoms with E-state index in [-0.39, 0.29) is 6.04 Å². The number of aliphatic hydroxyl groups is 2. The molecular formula is C15H22F2N2O2. The molecule has 3 atom stereocenters. The molecule has 1 fully saturated rings. The number of hydrogen-bond acceptors (Lipinski definition) is 4. The summed E-state index contributed by atoms with van der Waals surface area (Å²) in [5.41, 5.74) is 0.578. The summed E-state index contributed by atoms with van der Waals surface area (Å²) in [6.07, 6.45) is -0.778. The Morgan fingerprint density at radius 3 is 2.29 bits per heavy atom. The van der Waals surface area contributed by atoms with Crippen molar-refractivity contribution in [3.05, 3.63) is 35.4 Å². The van der Waals surface area contributed by atoms with Crippen molar-refractivity contribution in [1.82, 2.24) is 10.2 Å². The molecule has 0 amide bonds. The number of hydrogen-bond donors (Lipinski definition) is 3. The van der Waals surface area contributed by atoms with Crippen LogP contribution in [0.25, 0.3) is 0 Å². The first-order chi connectivity index (χ1) is 9.99. The van der Waals surface area contributed by atoms with Gasteiger partial charge in [0.2, 0.25) is 0 Å². The van der Waals surface area contributed by atoms with E-state index >= 15 is 0 Å². The smallest absolute Gasteiger partial charge is 0.126 e. The molecule has 0 radical (unpaired) electrons. The van der Waals surface area contributed by atoms with E-state index in [0.29, 0.717) is 38.2 Å². The van der Waals surface area contributed by atoms with Gasteiger partial charge < -0.3 is 15.5 Å². The highest BCUT2D eigenvalue weighted by atomic mass is 19.1. The van der Waals surface area contributed by atoms with Gasteiger partial charge in [-0.2, -0.15) is 0 Å². The quantitative estimate of drug-likeness (QED) is 0.735. The van der Waals surface area contributed by atoms with Crippen LogP contribution >= 0.6 is 0 Å². The number of rotatable bonds is 6. The Morgan fingerprint density at radius 2 is 1.76 bits per heavy atom. The van der Waals surface area contributed by atoms with Crippen molar-refractivity contribution in [3.63, 3.8) is 0 Å². The predicted octanol–water partition coefficient (Wildman–Crippen LogP) is 1.04. The zero-order valence-electron chi connectivity index (χ0n) is 12.1. The molecule has 0 aromatic heterocycles. The van der Waals surface area contributed by atoms with Crippen LogP contribution in [0, 0.1) is 11.6 Å². The van der Waals surface area contributed by atoms with Gasteiger partial charge in [-0.3, -0.25) is 4.90 Å². The molecule has 1 aliphatic rings. The van der Waals surface area contributed by atoms with E-state index < -0.39 is 23.8 Å². The fourth-order valence-electron chi connectivity index (χ4n) is 2.75. The summed E-state index contributed by atoms with van der Waals surface area (Å²) >= 11 is 0. The van der Waals surface area contributed by atoms with Crippen LogP contribution in [-0.2, 0) is 0 Å². The number of aliphatic hydroxyl groups excluding tert-OH is 2. The fraction of sp³-hybridized carbons (Fsp3) is 0.600. The Hall–Kier alpha value is -1.08. The number of halogens is 2. The summed E-state index contributed by atoms with van der Waals surface area (Å²) in [7, 11) is 0. The van der Waals surface area contributed by atoms with Crippen LogP contribution in [0.15, 0.2) is 18.2 Å². The van der Waals surface area contributed by atoms with Crippen molar-refractivity contribution in [2.24, 2.45) is 0 Å². The van der Waals surface area contributed by atoms with E-state index in [9.17, 15) is 19.0 Å². The maximum Gasteiger partial charge on any atom is 0.126 e. The van der Waals surface area contributed by atoms with Crippen LogP contribution in [-0.4, -0.2) is 53.5 Å². The minimum atomic E-state index is -0.714. The lowest BCUT2D eigenvalue weighted by molar-refractivity contribution is 0.0572. The molecule has 1 aromatic carbocycles. The van der Waals surface area contributed by atoms with E-state index in [2.05, 4.69) is 5.32 Å². The van der Waals surface area contributed by atoms with Gasteiger partial charge in [-0.25, -0.2) is 8.78 Å². The minimum absolute atomic E-state index is 0.157. The lowest BCUT2D eigenvalue weighted by Crippen LogP contribution is -2.29. The first-order valence-electron chi connectivity index (χ1n) is 7.27. The SMILES string of the molecule is CCNC(CCN1CC(O)C(O)C1)c1cc(F)cc(F)c1. The fourth-order valence-corrected chi connectivity index (χ4v) is 2.75. The Labute approximate surface area is 123 Å². The van der Waals surface area contributed by atoms with Crippen LogP contribution in [0.2, 0.25) is 0 Å². The van der Waals surface area contributed by atoms with Gasteiger partial charge in [-0.1, -0.05) is 6.92 Å². The maximum atomic E-state index is 13.3. The molecule has 1 heterocycles. The molecule has 0 aliphatic carbocycles. The summed E-state index contributed by atoms with van der Waals surface area (Å²) in [4.78, 5) is 1.95. The zero-order valence-corrected chi connectivity index (χ0v) is 12.1. The van der Waals surface area contributed by atoms with E-state index in [1.54, 1.807) is 0 Å². The molecule has 1 aliphatic heterocycles. The molecule has 0 spiro atoms. The van der Waals surface area contributed by atoms with Gasteiger partial charge in [-0.05, 0) is 30.7 Å². The molecule has 1 aromatic rings. The van der Waals surface area contributed by atoms with Gasteiger partial charge in [0.1, 0.15) is 11.6 Å². The van der Waals surface area contributed by atoms with Crippen LogP contribution in [0.3, 0.4) is 0 Å². The molecule has 118 valence electrons. The highest BCUT2D eigenvalue weighted by molar-refractivity contribution is 5.21. The molecule has 0 bridgehead atoms. The number of β-amino-alcohol motifs (C(OH)–C–C–N with tert-alkyl or cyclic N) is 2. The Kier molecular flexibility index (Phi) is 5.64. The molecular weight excluding hydrogens is 278 g/mol. The van der Waals surface area contributed by atoms with Crippen molar-refractivity contribution in [2.75, 3.05) is 26.2 Å². The molecule has 3 unspecified atom stereocenters. The van der Waals surface area contributed by atoms with Crippen LogP contribution in [0.1, 0.15) is 24.9 Å². The van der Waals surface area contributed by atoms with Crippen molar-refractivity contribution in [3.8, 4) is 0 Å². The monoisotopic (exact) mass is 300 g/mol. The van der Waals surface area contributed by atoms with Crippen LogP contribution in [0.4, 0.5) is 8.78 Å². The maximum absolute atomic E-state index is 13.3. The lowest BCUT2D eigenvalue weighted by Gasteiger charge is -2.22. The van der Waals surface area contributed by atoms with Crippen LogP contribution in [0.5, 0.6) is 0 Å². The highest BCUT2D eigenvalue weighted by Gasteiger charge is 2.29. The predicted molar refractivity (Wildman–Crippen MR) is 75.8 cm³/mol. The topological polar surface area (TPSA) is 55.7 Å². The van der Waals surface area contributed by atoms with Crippen molar-refractivity contribution in [1.29, 1.82) is 0 Å². The zero-order chi connectivity index (χ0) is 15.4. The summed E-state index contributed by atoms with van der Waals surface area (Å²) in [5, 5.41) is 22.3. The van der Waals surface area contributed by atoms with Gasteiger partial charge >= 0.3 is 0 Å². The Bertz CT molecular complexity index is 443. The Balaban J connectivity index is 1.99. The molecule has 2 rings (SSSR count). The number of nitrogens with zero attached hydrogens (tertiary/aromatic N) is 1. The molecule has 1 saturated heterocycles. The van der Waals surface area contributed by atoms with E-state index in [1.807, 2.05) is 11.8 Å². The highest BCUT2D eigenvalue weighted by Crippen LogP contribution is 2.21. The second kappa shape index (κ2) is 7.26. The van der Waals surface area contributed by atoms with Crippen LogP contribution < -0.4 is 5.32 Å². The van der Waals surface area contributed by atoms with E-state index in [4.69, 9.17) is 0 Å². The molecule has 3 N–H and O–H groups in total. The van der Waals surface area contributed by atoms with Gasteiger partial charge in [0.05, 0.1) is 12.2 Å². The van der Waals surface area contributed by atoms with E-state index in [1.165, 1.54) is 12.1 Å². The average Bonchev–Trinajstić information content (AvgIpc) is 2.72. The van der Waals surface area contributed by atoms with Crippen molar-refractivity contribution < 1.29 is 19.0 Å². The minimum Gasteiger partial charge on any atom is -0.389 e. The third kappa shape index (κ3) is 4.44. The second-order valence-corrected chi connectivity index (χ2v) is 5.50. The first-order valence-corrected chi connectivity index (χ1v) is 7.27. The largest absolute Gasteiger partial charge is 0.389 e. The molecule has 6 heteroatoms. The summed E-state index contributed by atoms with van der Waals surface area (Å²) < 4.78 is 26.7. The second-order valence-electron chi connectivity index (χ2n) is 5.50. The summed E-state index contributed by atoms with van der Waals surface area (Å²) in [5.74, 6) is -1.17. The first kappa shape index (κ1) is 16.3. The summed E-state index contributed by atoms with van der Waals surface area (Å²) in [6.45, 7) is 4.12. The lowest BCUT2D eigenvalue weighted by atomic mass is 10.0. The normalized spacial score (nSPS) is 24.4. The summed E-state index contributed by atoms with van der Waals surface area (Å²) in [6, 6.07) is 3.38. The Morgan fingerprint density at radius 1 is 1.19 bits per heavy atom. The van der Waals surface area contributed by atoms with Gasteiger partial charge in [0.25, 0.3) is 0 Å². The molecule has 4 nitrogen and oxygen atoms in total. The number of benzene rings is 1. The van der Waals surface area contributed by atoms with Gasteiger partial charge in [-0.15, -0.1) is 0 Å². The van der Waals surface area contributed by atoms with Gasteiger partial charge in [0, 0.05) is 31.7 Å². The average molecular weight is 300 g/mol. The molecule has 21 heavy (non-hydrogen) atoms. The number of likely N-dealkylation sites (tertiary alicyclic amines) is 1. The molecule has 0 saturated carbocycles. The third-order valence-corrected chi connectivity index (χ3v) is 3.81. The number of nitrogens with one attached hydrogen (secondary N) is 1. The standard InChI is InChI=1S/C15H22F2N2O2/c1-2-18-13(10-5-11(16)7-12(17)6-10)3-4-19-8-14(20)15(21)9-19/h5-7,13-15,18,20-21H,2-4,8-9H2,1H3. The van der Waals surface area contributed by atoms with Gasteiger partial charge in [0.15, 0.2) is 0 Å². The van der Waals surface area contributed by atoms with E-state index in [0.717, 1.165) is 6.07 Å².